The Kier molecular flexibility index (Phi) is 6.22. The van der Waals surface area contributed by atoms with Crippen LogP contribution in [0.5, 0.6) is 0 Å². The average molecular weight is 499 g/mol. The summed E-state index contributed by atoms with van der Waals surface area (Å²) >= 11 is 2.80. The number of esters is 1. The summed E-state index contributed by atoms with van der Waals surface area (Å²) in [5.41, 5.74) is 2.72. The molecule has 1 aromatic carbocycles. The fourth-order valence-corrected chi connectivity index (χ4v) is 6.32. The number of nitrogens with zero attached hydrogens (tertiary/aromatic N) is 4. The third-order valence-corrected chi connectivity index (χ3v) is 8.06. The van der Waals surface area contributed by atoms with Crippen molar-refractivity contribution in [3.05, 3.63) is 50.6 Å². The molecule has 5 rings (SSSR count). The number of carbonyl (C=O) groups is 1. The molecule has 1 aliphatic heterocycles. The van der Waals surface area contributed by atoms with Crippen LogP contribution in [0.4, 0.5) is 0 Å². The van der Waals surface area contributed by atoms with Crippen LogP contribution >= 0.6 is 23.1 Å². The van der Waals surface area contributed by atoms with Gasteiger partial charge in [0.15, 0.2) is 5.16 Å². The maximum Gasteiger partial charge on any atom is 0.316 e. The Morgan fingerprint density at radius 1 is 1.35 bits per heavy atom. The lowest BCUT2D eigenvalue weighted by Gasteiger charge is -2.26. The lowest BCUT2D eigenvalue weighted by molar-refractivity contribution is -0.139. The number of hydrogen-bond donors (Lipinski definition) is 0. The van der Waals surface area contributed by atoms with Crippen molar-refractivity contribution in [1.29, 1.82) is 0 Å². The summed E-state index contributed by atoms with van der Waals surface area (Å²) in [6, 6.07) is 7.79. The zero-order valence-electron chi connectivity index (χ0n) is 19.5. The molecule has 0 amide bonds. The standard InChI is InChI=1S/C24H26N4O4S2/c1-5-31-19(29)12-33-24-26-25-23-27(15-8-6-7-14(4)9-15)21(30)20-16-10-17(13(2)3)32-11-18(16)34-22(20)28(23)24/h6-9,13,17H,5,10-12H2,1-4H3/t17-/m1/s1. The number of hydrogen-bond acceptors (Lipinski definition) is 8. The van der Waals surface area contributed by atoms with Gasteiger partial charge in [0.2, 0.25) is 5.78 Å². The summed E-state index contributed by atoms with van der Waals surface area (Å²) in [6.45, 7) is 8.85. The van der Waals surface area contributed by atoms with Crippen LogP contribution in [0.25, 0.3) is 21.7 Å². The zero-order chi connectivity index (χ0) is 24.0. The molecule has 0 fully saturated rings. The SMILES string of the molecule is CCOC(=O)CSc1nnc2n(-c3cccc(C)c3)c(=O)c3c4c(sc3n12)CO[C@@H](C(C)C)C4. The minimum atomic E-state index is -0.314. The maximum atomic E-state index is 14.0. The number of thioether (sulfide) groups is 1. The fraction of sp³-hybridized carbons (Fsp3) is 0.417. The van der Waals surface area contributed by atoms with Gasteiger partial charge in [0.1, 0.15) is 4.83 Å². The molecular formula is C24H26N4O4S2. The van der Waals surface area contributed by atoms with Gasteiger partial charge in [-0.3, -0.25) is 9.59 Å². The van der Waals surface area contributed by atoms with Crippen LogP contribution in [0.15, 0.2) is 34.2 Å². The molecule has 8 nitrogen and oxygen atoms in total. The molecule has 1 aliphatic rings. The Labute approximate surface area is 204 Å². The first-order valence-corrected chi connectivity index (χ1v) is 13.1. The Morgan fingerprint density at radius 2 is 2.18 bits per heavy atom. The second-order valence-electron chi connectivity index (χ2n) is 8.67. The van der Waals surface area contributed by atoms with E-state index in [0.717, 1.165) is 26.5 Å². The largest absolute Gasteiger partial charge is 0.465 e. The van der Waals surface area contributed by atoms with Gasteiger partial charge in [-0.25, -0.2) is 8.97 Å². The first kappa shape index (κ1) is 23.1. The van der Waals surface area contributed by atoms with Gasteiger partial charge in [-0.1, -0.05) is 37.7 Å². The van der Waals surface area contributed by atoms with Crippen molar-refractivity contribution in [2.45, 2.75) is 52.0 Å². The molecule has 0 bridgehead atoms. The average Bonchev–Trinajstić information content (AvgIpc) is 3.39. The van der Waals surface area contributed by atoms with Gasteiger partial charge in [-0.2, -0.15) is 0 Å². The first-order chi connectivity index (χ1) is 16.4. The Bertz CT molecular complexity index is 1450. The topological polar surface area (TPSA) is 87.7 Å². The number of aromatic nitrogens is 4. The van der Waals surface area contributed by atoms with Crippen molar-refractivity contribution in [3.63, 3.8) is 0 Å². The highest BCUT2D eigenvalue weighted by atomic mass is 32.2. The van der Waals surface area contributed by atoms with E-state index in [-0.39, 0.29) is 23.4 Å². The fourth-order valence-electron chi connectivity index (χ4n) is 4.29. The molecule has 10 heteroatoms. The Hall–Kier alpha value is -2.69. The van der Waals surface area contributed by atoms with Crippen molar-refractivity contribution < 1.29 is 14.3 Å². The van der Waals surface area contributed by atoms with Crippen molar-refractivity contribution in [2.24, 2.45) is 5.92 Å². The molecule has 0 saturated carbocycles. The number of carbonyl (C=O) groups excluding carboxylic acids is 1. The summed E-state index contributed by atoms with van der Waals surface area (Å²) in [7, 11) is 0. The molecule has 0 unspecified atom stereocenters. The molecule has 34 heavy (non-hydrogen) atoms. The molecule has 0 radical (unpaired) electrons. The van der Waals surface area contributed by atoms with E-state index in [0.29, 0.717) is 41.9 Å². The highest BCUT2D eigenvalue weighted by Gasteiger charge is 2.30. The molecule has 0 spiro atoms. The first-order valence-electron chi connectivity index (χ1n) is 11.3. The summed E-state index contributed by atoms with van der Waals surface area (Å²) in [5.74, 6) is 0.570. The molecular weight excluding hydrogens is 472 g/mol. The lowest BCUT2D eigenvalue weighted by Crippen LogP contribution is -2.28. The van der Waals surface area contributed by atoms with Gasteiger partial charge in [0, 0.05) is 11.3 Å². The lowest BCUT2D eigenvalue weighted by atomic mass is 9.96. The van der Waals surface area contributed by atoms with Gasteiger partial charge in [-0.05, 0) is 43.0 Å². The highest BCUT2D eigenvalue weighted by molar-refractivity contribution is 7.99. The van der Waals surface area contributed by atoms with Crippen molar-refractivity contribution >= 4 is 45.1 Å². The number of rotatable bonds is 6. The van der Waals surface area contributed by atoms with E-state index < -0.39 is 0 Å². The second kappa shape index (κ2) is 9.16. The molecule has 0 N–H and O–H groups in total. The minimum absolute atomic E-state index is 0.0615. The molecule has 1 atom stereocenters. The highest BCUT2D eigenvalue weighted by Crippen LogP contribution is 2.37. The number of aryl methyl sites for hydroxylation is 1. The summed E-state index contributed by atoms with van der Waals surface area (Å²) in [4.78, 5) is 27.8. The van der Waals surface area contributed by atoms with Crippen LogP contribution in [0, 0.1) is 12.8 Å². The van der Waals surface area contributed by atoms with E-state index in [4.69, 9.17) is 9.47 Å². The molecule has 0 saturated heterocycles. The quantitative estimate of drug-likeness (QED) is 0.291. The second-order valence-corrected chi connectivity index (χ2v) is 10.7. The zero-order valence-corrected chi connectivity index (χ0v) is 21.2. The minimum Gasteiger partial charge on any atom is -0.465 e. The summed E-state index contributed by atoms with van der Waals surface area (Å²) in [5, 5.41) is 9.98. The number of benzene rings is 1. The van der Waals surface area contributed by atoms with Gasteiger partial charge < -0.3 is 9.47 Å². The van der Waals surface area contributed by atoms with E-state index in [1.165, 1.54) is 11.8 Å². The molecule has 178 valence electrons. The van der Waals surface area contributed by atoms with Crippen LogP contribution in [0.2, 0.25) is 0 Å². The number of fused-ring (bicyclic) bond motifs is 5. The Morgan fingerprint density at radius 3 is 2.91 bits per heavy atom. The van der Waals surface area contributed by atoms with E-state index >= 15 is 0 Å². The van der Waals surface area contributed by atoms with Crippen molar-refractivity contribution in [1.82, 2.24) is 19.2 Å². The van der Waals surface area contributed by atoms with E-state index in [9.17, 15) is 9.59 Å². The van der Waals surface area contributed by atoms with Crippen LogP contribution in [-0.4, -0.2) is 43.6 Å². The summed E-state index contributed by atoms with van der Waals surface area (Å²) < 4.78 is 14.7. The number of thiophene rings is 1. The van der Waals surface area contributed by atoms with Crippen LogP contribution in [-0.2, 0) is 27.3 Å². The van der Waals surface area contributed by atoms with Crippen LogP contribution in [0.3, 0.4) is 0 Å². The normalized spacial score (nSPS) is 15.9. The predicted octanol–water partition coefficient (Wildman–Crippen LogP) is 4.16. The van der Waals surface area contributed by atoms with Gasteiger partial charge >= 0.3 is 5.97 Å². The third kappa shape index (κ3) is 3.93. The van der Waals surface area contributed by atoms with Crippen LogP contribution in [0.1, 0.15) is 36.8 Å². The number of ether oxygens (including phenoxy) is 2. The smallest absolute Gasteiger partial charge is 0.316 e. The van der Waals surface area contributed by atoms with E-state index in [1.807, 2.05) is 35.6 Å². The summed E-state index contributed by atoms with van der Waals surface area (Å²) in [6.07, 6.45) is 0.751. The van der Waals surface area contributed by atoms with Gasteiger partial charge in [-0.15, -0.1) is 21.5 Å². The molecule has 3 aromatic heterocycles. The molecule has 0 aliphatic carbocycles. The van der Waals surface area contributed by atoms with E-state index in [1.54, 1.807) is 22.8 Å². The van der Waals surface area contributed by atoms with E-state index in [2.05, 4.69) is 24.0 Å². The monoisotopic (exact) mass is 498 g/mol. The van der Waals surface area contributed by atoms with Gasteiger partial charge in [0.25, 0.3) is 5.56 Å². The molecule has 4 heterocycles. The maximum absolute atomic E-state index is 14.0. The predicted molar refractivity (Wildman–Crippen MR) is 133 cm³/mol. The molecule has 4 aromatic rings. The Balaban J connectivity index is 1.77. The third-order valence-electron chi connectivity index (χ3n) is 5.97. The van der Waals surface area contributed by atoms with Crippen LogP contribution < -0.4 is 5.56 Å². The van der Waals surface area contributed by atoms with Crippen molar-refractivity contribution in [3.8, 4) is 5.69 Å². The van der Waals surface area contributed by atoms with Crippen molar-refractivity contribution in [2.75, 3.05) is 12.4 Å². The van der Waals surface area contributed by atoms with Gasteiger partial charge in [0.05, 0.1) is 36.1 Å².